The largest absolute Gasteiger partial charge is 0.490 e. The van der Waals surface area contributed by atoms with Gasteiger partial charge in [-0.25, -0.2) is 4.79 Å². The van der Waals surface area contributed by atoms with Gasteiger partial charge >= 0.3 is 5.97 Å². The van der Waals surface area contributed by atoms with Gasteiger partial charge in [0.25, 0.3) is 0 Å². The van der Waals surface area contributed by atoms with Gasteiger partial charge in [0.15, 0.2) is 25.1 Å². The van der Waals surface area contributed by atoms with Crippen molar-refractivity contribution in [1.82, 2.24) is 0 Å². The van der Waals surface area contributed by atoms with Crippen molar-refractivity contribution >= 4 is 5.97 Å². The van der Waals surface area contributed by atoms with E-state index in [0.717, 1.165) is 0 Å². The Labute approximate surface area is 117 Å². The molecule has 20 heavy (non-hydrogen) atoms. The molecule has 0 N–H and O–H groups in total. The number of esters is 1. The molecule has 7 nitrogen and oxygen atoms in total. The van der Waals surface area contributed by atoms with Crippen molar-refractivity contribution < 1.29 is 33.2 Å². The van der Waals surface area contributed by atoms with E-state index >= 15 is 0 Å². The molecule has 0 atom stereocenters. The fourth-order valence-electron chi connectivity index (χ4n) is 1.47. The minimum Gasteiger partial charge on any atom is -0.490 e. The highest BCUT2D eigenvalue weighted by Gasteiger charge is 2.18. The summed E-state index contributed by atoms with van der Waals surface area (Å²) in [5.41, 5.74) is 0.269. The Bertz CT molecular complexity index is 415. The van der Waals surface area contributed by atoms with Crippen LogP contribution in [0.5, 0.6) is 17.2 Å². The number of carbonyl (C=O) groups is 1. The maximum Gasteiger partial charge on any atom is 0.338 e. The van der Waals surface area contributed by atoms with Crippen molar-refractivity contribution in [2.75, 3.05) is 42.0 Å². The van der Waals surface area contributed by atoms with Crippen molar-refractivity contribution in [2.45, 2.75) is 0 Å². The van der Waals surface area contributed by atoms with Gasteiger partial charge in [0.1, 0.15) is 0 Å². The van der Waals surface area contributed by atoms with Crippen LogP contribution in [0, 0.1) is 0 Å². The summed E-state index contributed by atoms with van der Waals surface area (Å²) in [6.45, 7) is 0.00933. The zero-order valence-corrected chi connectivity index (χ0v) is 11.9. The van der Waals surface area contributed by atoms with E-state index in [9.17, 15) is 4.79 Å². The lowest BCUT2D eigenvalue weighted by Crippen LogP contribution is -2.08. The summed E-state index contributed by atoms with van der Waals surface area (Å²) in [7, 11) is 5.72. The smallest absolute Gasteiger partial charge is 0.338 e. The fourth-order valence-corrected chi connectivity index (χ4v) is 1.47. The molecule has 0 aliphatic heterocycles. The zero-order valence-electron chi connectivity index (χ0n) is 11.9. The highest BCUT2D eigenvalue weighted by Crippen LogP contribution is 2.38. The number of ether oxygens (including phenoxy) is 6. The van der Waals surface area contributed by atoms with Gasteiger partial charge in [0, 0.05) is 14.2 Å². The van der Waals surface area contributed by atoms with E-state index in [4.69, 9.17) is 23.7 Å². The molecule has 1 aromatic carbocycles. The molecule has 1 aromatic rings. The van der Waals surface area contributed by atoms with Crippen LogP contribution >= 0.6 is 0 Å². The summed E-state index contributed by atoms with van der Waals surface area (Å²) in [6.07, 6.45) is 0. The van der Waals surface area contributed by atoms with Gasteiger partial charge in [-0.1, -0.05) is 0 Å². The third-order valence-corrected chi connectivity index (χ3v) is 2.31. The zero-order chi connectivity index (χ0) is 15.0. The summed E-state index contributed by atoms with van der Waals surface area (Å²) in [6, 6.07) is 2.98. The van der Waals surface area contributed by atoms with Gasteiger partial charge < -0.3 is 28.4 Å². The Morgan fingerprint density at radius 2 is 1.45 bits per heavy atom. The predicted molar refractivity (Wildman–Crippen MR) is 69.3 cm³/mol. The second-order valence-corrected chi connectivity index (χ2v) is 3.60. The van der Waals surface area contributed by atoms with E-state index in [2.05, 4.69) is 4.74 Å². The molecule has 0 fully saturated rings. The Kier molecular flexibility index (Phi) is 6.61. The van der Waals surface area contributed by atoms with E-state index in [-0.39, 0.29) is 19.1 Å². The molecule has 7 heteroatoms. The molecular weight excluding hydrogens is 268 g/mol. The quantitative estimate of drug-likeness (QED) is 0.529. The van der Waals surface area contributed by atoms with Gasteiger partial charge in [-0.3, -0.25) is 0 Å². The average molecular weight is 286 g/mol. The molecule has 0 aromatic heterocycles. The Morgan fingerprint density at radius 1 is 0.950 bits per heavy atom. The van der Waals surface area contributed by atoms with Crippen molar-refractivity contribution in [3.63, 3.8) is 0 Å². The van der Waals surface area contributed by atoms with E-state index < -0.39 is 5.97 Å². The molecule has 0 amide bonds. The topological polar surface area (TPSA) is 72.5 Å². The molecule has 0 bridgehead atoms. The molecule has 0 radical (unpaired) electrons. The Hall–Kier alpha value is -1.99. The van der Waals surface area contributed by atoms with Crippen molar-refractivity contribution in [3.8, 4) is 17.2 Å². The number of hydrogen-bond acceptors (Lipinski definition) is 7. The van der Waals surface area contributed by atoms with Crippen LogP contribution in [0.25, 0.3) is 0 Å². The van der Waals surface area contributed by atoms with E-state index in [1.54, 1.807) is 0 Å². The monoisotopic (exact) mass is 286 g/mol. The highest BCUT2D eigenvalue weighted by molar-refractivity contribution is 5.91. The molecule has 0 heterocycles. The lowest BCUT2D eigenvalue weighted by molar-refractivity contribution is 0.0414. The molecule has 0 saturated carbocycles. The van der Waals surface area contributed by atoms with Gasteiger partial charge in [-0.2, -0.15) is 0 Å². The number of methoxy groups -OCH3 is 4. The van der Waals surface area contributed by atoms with Gasteiger partial charge in [-0.15, -0.1) is 0 Å². The minimum absolute atomic E-state index is 0.00467. The summed E-state index contributed by atoms with van der Waals surface area (Å²) < 4.78 is 30.3. The summed E-state index contributed by atoms with van der Waals surface area (Å²) in [5.74, 6) is 0.440. The van der Waals surface area contributed by atoms with Crippen molar-refractivity contribution in [2.24, 2.45) is 0 Å². The van der Waals surface area contributed by atoms with Crippen LogP contribution in [0.2, 0.25) is 0 Å². The van der Waals surface area contributed by atoms with Crippen molar-refractivity contribution in [3.05, 3.63) is 17.7 Å². The van der Waals surface area contributed by atoms with Gasteiger partial charge in [0.05, 0.1) is 19.8 Å². The first-order chi connectivity index (χ1) is 9.67. The first-order valence-electron chi connectivity index (χ1n) is 5.71. The predicted octanol–water partition coefficient (Wildman–Crippen LogP) is 1.45. The molecule has 0 unspecified atom stereocenters. The maximum absolute atomic E-state index is 11.6. The number of carbonyl (C=O) groups excluding carboxylic acids is 1. The molecule has 0 aliphatic rings. The van der Waals surface area contributed by atoms with Crippen LogP contribution in [0.15, 0.2) is 12.1 Å². The fraction of sp³-hybridized carbons (Fsp3) is 0.462. The Morgan fingerprint density at radius 3 is 1.80 bits per heavy atom. The third-order valence-electron chi connectivity index (χ3n) is 2.31. The molecule has 1 rings (SSSR count). The molecular formula is C13H18O7. The number of rotatable bonds is 8. The van der Waals surface area contributed by atoms with E-state index in [1.165, 1.54) is 40.6 Å². The third kappa shape index (κ3) is 4.01. The number of benzene rings is 1. The van der Waals surface area contributed by atoms with Gasteiger partial charge in [-0.05, 0) is 12.1 Å². The average Bonchev–Trinajstić information content (AvgIpc) is 2.49. The summed E-state index contributed by atoms with van der Waals surface area (Å²) >= 11 is 0. The lowest BCUT2D eigenvalue weighted by atomic mass is 10.2. The first kappa shape index (κ1) is 16.1. The van der Waals surface area contributed by atoms with Crippen molar-refractivity contribution in [1.29, 1.82) is 0 Å². The number of hydrogen-bond donors (Lipinski definition) is 0. The normalized spacial score (nSPS) is 10.0. The lowest BCUT2D eigenvalue weighted by Gasteiger charge is -2.15. The van der Waals surface area contributed by atoms with Gasteiger partial charge in [0.2, 0.25) is 5.75 Å². The summed E-state index contributed by atoms with van der Waals surface area (Å²) in [5, 5.41) is 0. The van der Waals surface area contributed by atoms with Crippen LogP contribution in [-0.4, -0.2) is 48.0 Å². The standard InChI is InChI=1S/C13H18O7/c1-15-7-19-10-5-9(13(14)18-4)6-11(12(10)17-3)20-8-16-2/h5-6H,7-8H2,1-4H3. The minimum atomic E-state index is -0.516. The molecule has 112 valence electrons. The second kappa shape index (κ2) is 8.23. The van der Waals surface area contributed by atoms with Crippen LogP contribution in [0.1, 0.15) is 10.4 Å². The van der Waals surface area contributed by atoms with Crippen LogP contribution in [-0.2, 0) is 14.2 Å². The van der Waals surface area contributed by atoms with E-state index in [0.29, 0.717) is 17.2 Å². The van der Waals surface area contributed by atoms with Crippen LogP contribution < -0.4 is 14.2 Å². The summed E-state index contributed by atoms with van der Waals surface area (Å²) in [4.78, 5) is 11.6. The van der Waals surface area contributed by atoms with E-state index in [1.807, 2.05) is 0 Å². The highest BCUT2D eigenvalue weighted by atomic mass is 16.7. The maximum atomic E-state index is 11.6. The second-order valence-electron chi connectivity index (χ2n) is 3.60. The molecule has 0 aliphatic carbocycles. The molecule has 0 spiro atoms. The Balaban J connectivity index is 3.19. The van der Waals surface area contributed by atoms with Crippen LogP contribution in [0.4, 0.5) is 0 Å². The van der Waals surface area contributed by atoms with Crippen LogP contribution in [0.3, 0.4) is 0 Å². The molecule has 0 saturated heterocycles. The first-order valence-corrected chi connectivity index (χ1v) is 5.71. The SMILES string of the molecule is COCOc1cc(C(=O)OC)cc(OCOC)c1OC.